The fourth-order valence-corrected chi connectivity index (χ4v) is 4.82. The van der Waals surface area contributed by atoms with E-state index in [1.807, 2.05) is 0 Å². The third-order valence-electron chi connectivity index (χ3n) is 6.97. The van der Waals surface area contributed by atoms with Gasteiger partial charge in [0.25, 0.3) is 0 Å². The number of hydrogen-bond acceptors (Lipinski definition) is 5. The smallest absolute Gasteiger partial charge is 0.235 e. The van der Waals surface area contributed by atoms with Gasteiger partial charge in [0, 0.05) is 24.6 Å². The first-order valence-electron chi connectivity index (χ1n) is 9.43. The van der Waals surface area contributed by atoms with Crippen molar-refractivity contribution in [1.82, 2.24) is 10.2 Å². The minimum atomic E-state index is -1.13. The van der Waals surface area contributed by atoms with Crippen LogP contribution in [0.1, 0.15) is 24.8 Å². The molecule has 0 bridgehead atoms. The number of nitriles is 1. The number of guanidine groups is 1. The Morgan fingerprint density at radius 3 is 3.00 bits per heavy atom. The van der Waals surface area contributed by atoms with Gasteiger partial charge in [-0.2, -0.15) is 5.26 Å². The molecular formula is C20H21FN4O3. The zero-order chi connectivity index (χ0) is 19.7. The fraction of sp³-hybridized carbons (Fsp3) is 0.550. The summed E-state index contributed by atoms with van der Waals surface area (Å²) in [4.78, 5) is 14.0. The minimum absolute atomic E-state index is 0.0328. The van der Waals surface area contributed by atoms with Gasteiger partial charge in [0.1, 0.15) is 17.1 Å². The Kier molecular flexibility index (Phi) is 3.39. The molecule has 2 unspecified atom stereocenters. The van der Waals surface area contributed by atoms with E-state index in [0.29, 0.717) is 25.4 Å². The van der Waals surface area contributed by atoms with E-state index in [2.05, 4.69) is 11.4 Å². The summed E-state index contributed by atoms with van der Waals surface area (Å²) < 4.78 is 26.4. The number of carbonyl (C=O) groups excluding carboxylic acids is 1. The molecule has 0 aromatic heterocycles. The van der Waals surface area contributed by atoms with Crippen molar-refractivity contribution >= 4 is 11.9 Å². The molecule has 2 saturated carbocycles. The molecule has 8 heteroatoms. The molecule has 0 spiro atoms. The van der Waals surface area contributed by atoms with Crippen LogP contribution < -0.4 is 10.1 Å². The molecule has 28 heavy (non-hydrogen) atoms. The molecule has 2 aliphatic heterocycles. The molecule has 1 aromatic rings. The summed E-state index contributed by atoms with van der Waals surface area (Å²) in [6.07, 6.45) is 2.18. The van der Waals surface area contributed by atoms with E-state index in [1.54, 1.807) is 19.2 Å². The first-order chi connectivity index (χ1) is 13.4. The van der Waals surface area contributed by atoms with Crippen molar-refractivity contribution in [2.24, 2.45) is 16.7 Å². The summed E-state index contributed by atoms with van der Waals surface area (Å²) in [6, 6.07) is 6.85. The number of amides is 1. The maximum absolute atomic E-state index is 14.9. The maximum Gasteiger partial charge on any atom is 0.235 e. The Bertz CT molecular complexity index is 936. The molecule has 2 N–H and O–H groups in total. The Morgan fingerprint density at radius 1 is 1.50 bits per heavy atom. The molecule has 2 saturated heterocycles. The van der Waals surface area contributed by atoms with E-state index >= 15 is 0 Å². The second-order valence-corrected chi connectivity index (χ2v) is 8.49. The Hall–Kier alpha value is -2.66. The monoisotopic (exact) mass is 384 g/mol. The summed E-state index contributed by atoms with van der Waals surface area (Å²) >= 11 is 0. The summed E-state index contributed by atoms with van der Waals surface area (Å²) in [5.74, 6) is -0.794. The molecule has 2 atom stereocenters. The van der Waals surface area contributed by atoms with Crippen LogP contribution in [-0.4, -0.2) is 43.6 Å². The summed E-state index contributed by atoms with van der Waals surface area (Å²) in [5.41, 5.74) is -1.09. The highest BCUT2D eigenvalue weighted by Gasteiger charge is 2.84. The van der Waals surface area contributed by atoms with Gasteiger partial charge < -0.3 is 14.8 Å². The van der Waals surface area contributed by atoms with Crippen molar-refractivity contribution < 1.29 is 18.7 Å². The third kappa shape index (κ3) is 2.17. The standard InChI is InChI=1S/C20H21FN4O3/c1-25-16(26)13-4-5-27-11-20(13,24-17(25)23)14-6-12(2-3-15(14)21)28-10-19-7-18(19,8-19)9-22/h2-3,6,13H,4-5,7-8,10-11H2,1H3,(H2,23,24). The first-order valence-corrected chi connectivity index (χ1v) is 9.43. The van der Waals surface area contributed by atoms with Gasteiger partial charge in [0.15, 0.2) is 5.96 Å². The first kappa shape index (κ1) is 17.4. The van der Waals surface area contributed by atoms with Crippen LogP contribution in [0.4, 0.5) is 4.39 Å². The van der Waals surface area contributed by atoms with E-state index in [1.165, 1.54) is 11.0 Å². The van der Waals surface area contributed by atoms with Crippen LogP contribution in [-0.2, 0) is 15.1 Å². The lowest BCUT2D eigenvalue weighted by atomic mass is 9.73. The molecule has 146 valence electrons. The van der Waals surface area contributed by atoms with Crippen LogP contribution in [0.2, 0.25) is 0 Å². The number of nitrogens with one attached hydrogen (secondary N) is 2. The quantitative estimate of drug-likeness (QED) is 0.824. The zero-order valence-electron chi connectivity index (χ0n) is 15.5. The molecule has 4 fully saturated rings. The number of rotatable bonds is 4. The van der Waals surface area contributed by atoms with Crippen molar-refractivity contribution in [1.29, 1.82) is 10.7 Å². The van der Waals surface area contributed by atoms with Crippen LogP contribution in [0.3, 0.4) is 0 Å². The average Bonchev–Trinajstić information content (AvgIpc) is 3.52. The highest BCUT2D eigenvalue weighted by atomic mass is 19.1. The van der Waals surface area contributed by atoms with Gasteiger partial charge >= 0.3 is 0 Å². The number of ether oxygens (including phenoxy) is 2. The zero-order valence-corrected chi connectivity index (χ0v) is 15.5. The molecule has 2 aliphatic carbocycles. The molecule has 1 aromatic carbocycles. The largest absolute Gasteiger partial charge is 0.493 e. The van der Waals surface area contributed by atoms with Crippen LogP contribution in [0, 0.1) is 39.3 Å². The lowest BCUT2D eigenvalue weighted by molar-refractivity contribution is -0.143. The average molecular weight is 384 g/mol. The number of halogens is 1. The Labute approximate surface area is 161 Å². The van der Waals surface area contributed by atoms with Gasteiger partial charge in [0.05, 0.1) is 30.6 Å². The van der Waals surface area contributed by atoms with Crippen molar-refractivity contribution in [2.45, 2.75) is 24.8 Å². The van der Waals surface area contributed by atoms with Crippen LogP contribution in [0.25, 0.3) is 0 Å². The number of hydrogen-bond donors (Lipinski definition) is 2. The van der Waals surface area contributed by atoms with Gasteiger partial charge in [-0.25, -0.2) is 4.39 Å². The summed E-state index contributed by atoms with van der Waals surface area (Å²) in [6.45, 7) is 0.947. The van der Waals surface area contributed by atoms with E-state index in [-0.39, 0.29) is 34.9 Å². The van der Waals surface area contributed by atoms with Gasteiger partial charge in [-0.05, 0) is 37.5 Å². The molecule has 1 amide bonds. The number of benzene rings is 1. The molecule has 7 nitrogen and oxygen atoms in total. The van der Waals surface area contributed by atoms with Gasteiger partial charge in [-0.1, -0.05) is 0 Å². The van der Waals surface area contributed by atoms with Gasteiger partial charge in [-0.3, -0.25) is 15.1 Å². The number of nitrogens with zero attached hydrogens (tertiary/aromatic N) is 2. The molecule has 0 radical (unpaired) electrons. The maximum atomic E-state index is 14.9. The van der Waals surface area contributed by atoms with E-state index in [4.69, 9.17) is 14.9 Å². The van der Waals surface area contributed by atoms with Crippen LogP contribution in [0.15, 0.2) is 18.2 Å². The van der Waals surface area contributed by atoms with Crippen molar-refractivity contribution in [3.63, 3.8) is 0 Å². The Morgan fingerprint density at radius 2 is 2.29 bits per heavy atom. The van der Waals surface area contributed by atoms with E-state index < -0.39 is 17.3 Å². The van der Waals surface area contributed by atoms with Gasteiger partial charge in [-0.15, -0.1) is 0 Å². The highest BCUT2D eigenvalue weighted by molar-refractivity contribution is 6.00. The summed E-state index contributed by atoms with van der Waals surface area (Å²) in [7, 11) is 1.54. The molecule has 2 heterocycles. The predicted octanol–water partition coefficient (Wildman–Crippen LogP) is 1.74. The second-order valence-electron chi connectivity index (χ2n) is 8.49. The van der Waals surface area contributed by atoms with E-state index in [9.17, 15) is 14.4 Å². The second kappa shape index (κ2) is 5.45. The van der Waals surface area contributed by atoms with Gasteiger partial charge in [0.2, 0.25) is 5.91 Å². The lowest BCUT2D eigenvalue weighted by Gasteiger charge is -2.49. The topological polar surface area (TPSA) is 98.4 Å². The SMILES string of the molecule is CN1C(=N)NC2(c3cc(OCC45CC4(C#N)C5)ccc3F)COCCC2C1=O. The molecule has 4 aliphatic rings. The van der Waals surface area contributed by atoms with Crippen molar-refractivity contribution in [3.8, 4) is 11.8 Å². The van der Waals surface area contributed by atoms with Crippen molar-refractivity contribution in [3.05, 3.63) is 29.6 Å². The minimum Gasteiger partial charge on any atom is -0.493 e. The highest BCUT2D eigenvalue weighted by Crippen LogP contribution is 2.85. The van der Waals surface area contributed by atoms with Crippen molar-refractivity contribution in [2.75, 3.05) is 26.9 Å². The number of fused-ring (bicyclic) bond motifs is 2. The lowest BCUT2D eigenvalue weighted by Crippen LogP contribution is -2.68. The third-order valence-corrected chi connectivity index (χ3v) is 6.97. The molecular weight excluding hydrogens is 363 g/mol. The molecule has 5 rings (SSSR count). The predicted molar refractivity (Wildman–Crippen MR) is 95.8 cm³/mol. The Balaban J connectivity index is 1.46. The van der Waals surface area contributed by atoms with Crippen LogP contribution >= 0.6 is 0 Å². The van der Waals surface area contributed by atoms with E-state index in [0.717, 1.165) is 12.8 Å². The summed E-state index contributed by atoms with van der Waals surface area (Å²) in [5, 5.41) is 20.3. The van der Waals surface area contributed by atoms with Crippen LogP contribution in [0.5, 0.6) is 5.75 Å². The number of carbonyl (C=O) groups is 1. The fourth-order valence-electron chi connectivity index (χ4n) is 4.82. The normalized spacial score (nSPS) is 38.0.